The van der Waals surface area contributed by atoms with Gasteiger partial charge in [0, 0.05) is 25.7 Å². The lowest BCUT2D eigenvalue weighted by molar-refractivity contribution is 0.0649. The van der Waals surface area contributed by atoms with Gasteiger partial charge in [0.15, 0.2) is 5.82 Å². The predicted molar refractivity (Wildman–Crippen MR) is 144 cm³/mol. The Morgan fingerprint density at radius 2 is 2.08 bits per heavy atom. The Kier molecular flexibility index (Phi) is 8.22. The van der Waals surface area contributed by atoms with Crippen LogP contribution in [0.3, 0.4) is 0 Å². The Morgan fingerprint density at radius 1 is 1.25 bits per heavy atom. The van der Waals surface area contributed by atoms with Crippen LogP contribution in [0.5, 0.6) is 5.75 Å². The maximum Gasteiger partial charge on any atom is 0.368 e. The number of hydrogen-bond acceptors (Lipinski definition) is 11. The van der Waals surface area contributed by atoms with Crippen molar-refractivity contribution < 1.29 is 14.2 Å². The van der Waals surface area contributed by atoms with Crippen molar-refractivity contribution in [1.82, 2.24) is 34.7 Å². The lowest BCUT2D eigenvalue weighted by atomic mass is 9.83. The summed E-state index contributed by atoms with van der Waals surface area (Å²) in [4.78, 5) is 23.8. The third-order valence-electron chi connectivity index (χ3n) is 7.39. The van der Waals surface area contributed by atoms with Gasteiger partial charge in [0.05, 0.1) is 18.0 Å². The van der Waals surface area contributed by atoms with E-state index in [2.05, 4.69) is 42.0 Å². The first-order valence-corrected chi connectivity index (χ1v) is 13.5. The van der Waals surface area contributed by atoms with Crippen LogP contribution in [0.25, 0.3) is 5.69 Å². The molecule has 0 radical (unpaired) electrons. The molecule has 3 atom stereocenters. The molecule has 3 N–H and O–H groups in total. The number of aliphatic hydroxyl groups excluding tert-OH is 1. The van der Waals surface area contributed by atoms with Crippen molar-refractivity contribution in [3.63, 3.8) is 0 Å². The monoisotopic (exact) mass is 552 g/mol. The molecule has 2 aliphatic rings. The highest BCUT2D eigenvalue weighted by molar-refractivity contribution is 5.64. The van der Waals surface area contributed by atoms with Gasteiger partial charge >= 0.3 is 5.69 Å². The van der Waals surface area contributed by atoms with E-state index in [0.29, 0.717) is 24.3 Å². The Bertz CT molecular complexity index is 1450. The van der Waals surface area contributed by atoms with Crippen molar-refractivity contribution in [3.05, 3.63) is 40.2 Å². The van der Waals surface area contributed by atoms with Gasteiger partial charge in [-0.25, -0.2) is 14.2 Å². The quantitative estimate of drug-likeness (QED) is 0.356. The zero-order valence-electron chi connectivity index (χ0n) is 22.5. The molecule has 14 heteroatoms. The topological polar surface area (TPSA) is 159 Å². The molecule has 13 nitrogen and oxygen atoms in total. The number of aryl methyl sites for hydroxylation is 1. The van der Waals surface area contributed by atoms with E-state index in [4.69, 9.17) is 4.74 Å². The summed E-state index contributed by atoms with van der Waals surface area (Å²) in [6.07, 6.45) is 6.50. The molecule has 5 rings (SSSR count). The number of piperidine rings is 2. The fourth-order valence-corrected chi connectivity index (χ4v) is 5.42. The number of nitriles is 1. The number of benzene rings is 1. The number of tetrazole rings is 1. The van der Waals surface area contributed by atoms with Gasteiger partial charge in [-0.3, -0.25) is 0 Å². The summed E-state index contributed by atoms with van der Waals surface area (Å²) in [5, 5.41) is 33.0. The second-order valence-corrected chi connectivity index (χ2v) is 10.3. The zero-order chi connectivity index (χ0) is 28.2. The van der Waals surface area contributed by atoms with Crippen LogP contribution in [0.4, 0.5) is 21.8 Å². The maximum absolute atomic E-state index is 15.2. The van der Waals surface area contributed by atoms with Gasteiger partial charge in [-0.1, -0.05) is 6.42 Å². The fraction of sp³-hybridized carbons (Fsp3) is 0.538. The molecule has 4 heterocycles. The number of ether oxygens (including phenoxy) is 1. The highest BCUT2D eigenvalue weighted by Crippen LogP contribution is 2.32. The van der Waals surface area contributed by atoms with E-state index < -0.39 is 17.6 Å². The number of aliphatic hydroxyl groups is 1. The minimum absolute atomic E-state index is 0.00103. The van der Waals surface area contributed by atoms with Gasteiger partial charge in [-0.15, -0.1) is 0 Å². The normalized spacial score (nSPS) is 19.9. The predicted octanol–water partition coefficient (Wildman–Crippen LogP) is 1.95. The van der Waals surface area contributed by atoms with Crippen LogP contribution in [-0.2, 0) is 7.05 Å². The number of aromatic nitrogens is 6. The first-order chi connectivity index (χ1) is 19.3. The minimum Gasteiger partial charge on any atom is -0.489 e. The van der Waals surface area contributed by atoms with Crippen LogP contribution in [0.1, 0.15) is 44.6 Å². The smallest absolute Gasteiger partial charge is 0.368 e. The zero-order valence-corrected chi connectivity index (χ0v) is 22.5. The Morgan fingerprint density at radius 3 is 2.83 bits per heavy atom. The van der Waals surface area contributed by atoms with Crippen LogP contribution in [0.15, 0.2) is 23.1 Å². The number of anilines is 3. The highest BCUT2D eigenvalue weighted by atomic mass is 19.1. The highest BCUT2D eigenvalue weighted by Gasteiger charge is 2.33. The number of hydrogen-bond donors (Lipinski definition) is 3. The number of nitrogens with one attached hydrogen (secondary N) is 2. The molecule has 40 heavy (non-hydrogen) atoms. The van der Waals surface area contributed by atoms with Gasteiger partial charge in [-0.2, -0.15) is 19.6 Å². The van der Waals surface area contributed by atoms with E-state index in [1.165, 1.54) is 45.5 Å². The van der Waals surface area contributed by atoms with Gasteiger partial charge in [0.2, 0.25) is 5.95 Å². The van der Waals surface area contributed by atoms with Crippen LogP contribution < -0.4 is 21.1 Å². The van der Waals surface area contributed by atoms with Crippen molar-refractivity contribution in [2.45, 2.75) is 51.2 Å². The number of fused-ring (bicyclic) bond motifs is 1. The molecule has 3 aromatic rings. The third-order valence-corrected chi connectivity index (χ3v) is 7.39. The Hall–Kier alpha value is -4.09. The fourth-order valence-electron chi connectivity index (χ4n) is 5.42. The average Bonchev–Trinajstić information content (AvgIpc) is 3.29. The summed E-state index contributed by atoms with van der Waals surface area (Å²) < 4.78 is 22.7. The van der Waals surface area contributed by atoms with Crippen molar-refractivity contribution in [2.75, 3.05) is 36.9 Å². The van der Waals surface area contributed by atoms with E-state index in [0.717, 1.165) is 41.4 Å². The standard InChI is InChI=1S/C26H33FN10O3/c1-16(38)15-40-23-10-19(27)20(11-22(23)37-26(39)35(2)33-34-37)31-25-30-14-18(12-28)24(32-25)29-13-17-6-5-9-36-8-4-3-7-21(17)36/h10-11,14,16-17,21,38H,3-9,13,15H2,1-2H3,(H2,29,30,31,32)/t16-,17-,21+/m0/s1. The largest absolute Gasteiger partial charge is 0.489 e. The lowest BCUT2D eigenvalue weighted by Crippen LogP contribution is -2.49. The molecule has 0 bridgehead atoms. The number of nitrogens with zero attached hydrogens (tertiary/aromatic N) is 8. The van der Waals surface area contributed by atoms with Crippen LogP contribution >= 0.6 is 0 Å². The summed E-state index contributed by atoms with van der Waals surface area (Å²) in [5.41, 5.74) is -0.211. The number of halogens is 1. The first kappa shape index (κ1) is 27.5. The molecule has 2 aliphatic heterocycles. The van der Waals surface area contributed by atoms with Gasteiger partial charge < -0.3 is 25.4 Å². The summed E-state index contributed by atoms with van der Waals surface area (Å²) >= 11 is 0. The molecule has 0 saturated carbocycles. The van der Waals surface area contributed by atoms with Crippen molar-refractivity contribution >= 4 is 17.5 Å². The molecule has 2 saturated heterocycles. The summed E-state index contributed by atoms with van der Waals surface area (Å²) in [6, 6.07) is 5.07. The van der Waals surface area contributed by atoms with Crippen molar-refractivity contribution in [3.8, 4) is 17.5 Å². The lowest BCUT2D eigenvalue weighted by Gasteiger charge is -2.44. The molecule has 1 aromatic carbocycles. The minimum atomic E-state index is -0.819. The Balaban J connectivity index is 1.39. The van der Waals surface area contributed by atoms with E-state index in [1.807, 2.05) is 0 Å². The summed E-state index contributed by atoms with van der Waals surface area (Å²) in [7, 11) is 1.43. The third kappa shape index (κ3) is 5.90. The van der Waals surface area contributed by atoms with Gasteiger partial charge in [0.25, 0.3) is 0 Å². The summed E-state index contributed by atoms with van der Waals surface area (Å²) in [5.74, 6) is 0.183. The van der Waals surface area contributed by atoms with Crippen LogP contribution in [0.2, 0.25) is 0 Å². The van der Waals surface area contributed by atoms with E-state index in [-0.39, 0.29) is 35.2 Å². The molecule has 0 spiro atoms. The second kappa shape index (κ2) is 12.0. The molecular weight excluding hydrogens is 519 g/mol. The SMILES string of the molecule is C[C@H](O)COc1cc(F)c(Nc2ncc(C#N)c(NC[C@@H]3CCCN4CCCC[C@H]34)n2)cc1-n1nnn(C)c1=O. The maximum atomic E-state index is 15.2. The summed E-state index contributed by atoms with van der Waals surface area (Å²) in [6.45, 7) is 4.36. The van der Waals surface area contributed by atoms with E-state index in [9.17, 15) is 15.2 Å². The van der Waals surface area contributed by atoms with Crippen LogP contribution in [0, 0.1) is 23.1 Å². The molecule has 0 aliphatic carbocycles. The molecule has 212 valence electrons. The van der Waals surface area contributed by atoms with Gasteiger partial charge in [-0.05, 0) is 68.1 Å². The molecule has 2 aromatic heterocycles. The first-order valence-electron chi connectivity index (χ1n) is 13.5. The Labute approximate surface area is 230 Å². The molecule has 2 fully saturated rings. The van der Waals surface area contributed by atoms with Crippen molar-refractivity contribution in [2.24, 2.45) is 13.0 Å². The van der Waals surface area contributed by atoms with Gasteiger partial charge in [0.1, 0.15) is 35.5 Å². The molecule has 0 unspecified atom stereocenters. The van der Waals surface area contributed by atoms with Crippen molar-refractivity contribution in [1.29, 1.82) is 5.26 Å². The molecular formula is C26H33FN10O3. The average molecular weight is 553 g/mol. The van der Waals surface area contributed by atoms with E-state index in [1.54, 1.807) is 0 Å². The second-order valence-electron chi connectivity index (χ2n) is 10.3. The molecule has 0 amide bonds. The number of rotatable bonds is 9. The van der Waals surface area contributed by atoms with E-state index >= 15 is 4.39 Å². The van der Waals surface area contributed by atoms with Crippen LogP contribution in [-0.4, -0.2) is 78.2 Å².